The Bertz CT molecular complexity index is 1210. The van der Waals surface area contributed by atoms with Gasteiger partial charge in [-0.2, -0.15) is 0 Å². The number of benzene rings is 1. The third-order valence-electron chi connectivity index (χ3n) is 4.90. The summed E-state index contributed by atoms with van der Waals surface area (Å²) in [5.41, 5.74) is 7.61. The number of fused-ring (bicyclic) bond motifs is 1. The first-order chi connectivity index (χ1) is 13.8. The van der Waals surface area contributed by atoms with E-state index in [4.69, 9.17) is 5.73 Å². The quantitative estimate of drug-likeness (QED) is 0.602. The van der Waals surface area contributed by atoms with Crippen molar-refractivity contribution < 1.29 is 9.90 Å². The third kappa shape index (κ3) is 3.37. The van der Waals surface area contributed by atoms with Crippen LogP contribution in [0, 0.1) is 25.7 Å². The maximum atomic E-state index is 12.1. The summed E-state index contributed by atoms with van der Waals surface area (Å²) in [6, 6.07) is 7.30. The fraction of sp³-hybridized carbons (Fsp3) is 0.286. The summed E-state index contributed by atoms with van der Waals surface area (Å²) in [5.74, 6) is 6.61. The average Bonchev–Trinajstić information content (AvgIpc) is 2.95. The number of carbonyl (C=O) groups excluding carboxylic acids is 1. The molecule has 1 aliphatic heterocycles. The first-order valence-corrected chi connectivity index (χ1v) is 9.17. The zero-order chi connectivity index (χ0) is 20.8. The molecule has 1 aliphatic rings. The van der Waals surface area contributed by atoms with Crippen LogP contribution in [0.4, 0.5) is 5.82 Å². The third-order valence-corrected chi connectivity index (χ3v) is 4.90. The van der Waals surface area contributed by atoms with E-state index in [9.17, 15) is 9.90 Å². The molecule has 29 heavy (non-hydrogen) atoms. The monoisotopic (exact) mass is 388 g/mol. The van der Waals surface area contributed by atoms with Crippen LogP contribution in [0.2, 0.25) is 0 Å². The number of rotatable bonds is 1. The molecule has 1 amide bonds. The van der Waals surface area contributed by atoms with E-state index in [-0.39, 0.29) is 5.91 Å². The second-order valence-electron chi connectivity index (χ2n) is 7.15. The van der Waals surface area contributed by atoms with Crippen LogP contribution in [0.15, 0.2) is 24.3 Å². The van der Waals surface area contributed by atoms with Crippen LogP contribution in [0.5, 0.6) is 0 Å². The number of nitrogen functional groups attached to an aromatic ring is 1. The predicted octanol–water partition coefficient (Wildman–Crippen LogP) is 1.23. The van der Waals surface area contributed by atoms with Gasteiger partial charge >= 0.3 is 0 Å². The van der Waals surface area contributed by atoms with Gasteiger partial charge < -0.3 is 15.7 Å². The van der Waals surface area contributed by atoms with Crippen molar-refractivity contribution in [1.29, 1.82) is 0 Å². The SMILES string of the molecule is Cc1nc(N)c2nc(-c3cccc(C#CC4(O)CCN(C)C4=O)c3)nc(C)c2n1. The van der Waals surface area contributed by atoms with Crippen molar-refractivity contribution in [2.24, 2.45) is 0 Å². The highest BCUT2D eigenvalue weighted by Gasteiger charge is 2.42. The maximum absolute atomic E-state index is 12.1. The average molecular weight is 388 g/mol. The second kappa shape index (κ2) is 6.79. The smallest absolute Gasteiger partial charge is 0.267 e. The van der Waals surface area contributed by atoms with Gasteiger partial charge in [0.25, 0.3) is 5.91 Å². The molecule has 3 N–H and O–H groups in total. The highest BCUT2D eigenvalue weighted by atomic mass is 16.3. The zero-order valence-electron chi connectivity index (χ0n) is 16.4. The lowest BCUT2D eigenvalue weighted by atomic mass is 10.0. The molecule has 0 radical (unpaired) electrons. The number of likely N-dealkylation sites (N-methyl/N-ethyl adjacent to an activating group) is 1. The predicted molar refractivity (Wildman–Crippen MR) is 109 cm³/mol. The fourth-order valence-corrected chi connectivity index (χ4v) is 3.30. The topological polar surface area (TPSA) is 118 Å². The number of amides is 1. The molecule has 1 fully saturated rings. The number of carbonyl (C=O) groups is 1. The zero-order valence-corrected chi connectivity index (χ0v) is 16.4. The van der Waals surface area contributed by atoms with Crippen molar-refractivity contribution in [3.8, 4) is 23.2 Å². The first kappa shape index (κ1) is 18.8. The standard InChI is InChI=1S/C21H20N6O2/c1-12-16-17(18(22)25-13(2)24-16)26-19(23-12)15-6-4-5-14(11-15)7-8-21(29)9-10-27(3)20(21)28/h4-6,11,29H,9-10H2,1-3H3,(H2,22,24,25). The van der Waals surface area contributed by atoms with Gasteiger partial charge in [0.2, 0.25) is 5.60 Å². The van der Waals surface area contributed by atoms with E-state index < -0.39 is 5.60 Å². The number of likely N-dealkylation sites (tertiary alicyclic amines) is 1. The molecule has 1 saturated heterocycles. The normalized spacial score (nSPS) is 18.8. The number of hydrogen-bond acceptors (Lipinski definition) is 7. The van der Waals surface area contributed by atoms with Gasteiger partial charge in [-0.3, -0.25) is 4.79 Å². The van der Waals surface area contributed by atoms with E-state index in [0.717, 1.165) is 5.56 Å². The van der Waals surface area contributed by atoms with Crippen molar-refractivity contribution in [2.75, 3.05) is 19.3 Å². The summed E-state index contributed by atoms with van der Waals surface area (Å²) in [6.45, 7) is 4.10. The lowest BCUT2D eigenvalue weighted by Crippen LogP contribution is -2.37. The van der Waals surface area contributed by atoms with Crippen LogP contribution >= 0.6 is 0 Å². The second-order valence-corrected chi connectivity index (χ2v) is 7.15. The molecule has 0 aliphatic carbocycles. The van der Waals surface area contributed by atoms with Crippen LogP contribution in [-0.2, 0) is 4.79 Å². The van der Waals surface area contributed by atoms with Crippen LogP contribution in [0.3, 0.4) is 0 Å². The van der Waals surface area contributed by atoms with E-state index in [1.807, 2.05) is 25.1 Å². The Morgan fingerprint density at radius 1 is 1.17 bits per heavy atom. The highest BCUT2D eigenvalue weighted by molar-refractivity contribution is 5.90. The number of nitrogens with zero attached hydrogens (tertiary/aromatic N) is 5. The van der Waals surface area contributed by atoms with Gasteiger partial charge in [-0.1, -0.05) is 24.0 Å². The molecule has 0 spiro atoms. The molecule has 4 rings (SSSR count). The summed E-state index contributed by atoms with van der Waals surface area (Å²) in [5, 5.41) is 10.5. The Morgan fingerprint density at radius 2 is 1.97 bits per heavy atom. The molecule has 1 atom stereocenters. The van der Waals surface area contributed by atoms with E-state index >= 15 is 0 Å². The van der Waals surface area contributed by atoms with Crippen LogP contribution in [-0.4, -0.2) is 55.0 Å². The number of nitrogens with two attached hydrogens (primary N) is 1. The minimum Gasteiger partial charge on any atom is -0.382 e. The van der Waals surface area contributed by atoms with Gasteiger partial charge in [0.15, 0.2) is 11.6 Å². The van der Waals surface area contributed by atoms with Crippen molar-refractivity contribution >= 4 is 22.8 Å². The molecular weight excluding hydrogens is 368 g/mol. The number of aliphatic hydroxyl groups is 1. The van der Waals surface area contributed by atoms with Gasteiger partial charge in [0, 0.05) is 31.1 Å². The molecule has 1 aromatic carbocycles. The maximum Gasteiger partial charge on any atom is 0.267 e. The summed E-state index contributed by atoms with van der Waals surface area (Å²) in [6.07, 6.45) is 0.292. The molecule has 3 aromatic rings. The summed E-state index contributed by atoms with van der Waals surface area (Å²) in [4.78, 5) is 31.2. The Balaban J connectivity index is 1.74. The van der Waals surface area contributed by atoms with Gasteiger partial charge in [0.1, 0.15) is 16.9 Å². The molecule has 8 nitrogen and oxygen atoms in total. The summed E-state index contributed by atoms with van der Waals surface area (Å²) < 4.78 is 0. The minimum absolute atomic E-state index is 0.292. The van der Waals surface area contributed by atoms with Crippen LogP contribution < -0.4 is 5.73 Å². The molecule has 0 bridgehead atoms. The Labute approximate surface area is 167 Å². The molecule has 0 saturated carbocycles. The fourth-order valence-electron chi connectivity index (χ4n) is 3.30. The summed E-state index contributed by atoms with van der Waals surface area (Å²) >= 11 is 0. The lowest BCUT2D eigenvalue weighted by Gasteiger charge is -2.13. The van der Waals surface area contributed by atoms with Gasteiger partial charge in [-0.15, -0.1) is 0 Å². The lowest BCUT2D eigenvalue weighted by molar-refractivity contribution is -0.137. The van der Waals surface area contributed by atoms with Crippen LogP contribution in [0.25, 0.3) is 22.4 Å². The number of aryl methyl sites for hydroxylation is 2. The van der Waals surface area contributed by atoms with Gasteiger partial charge in [-0.25, -0.2) is 19.9 Å². The first-order valence-electron chi connectivity index (χ1n) is 9.17. The molecule has 3 heterocycles. The van der Waals surface area contributed by atoms with Crippen molar-refractivity contribution in [1.82, 2.24) is 24.8 Å². The van der Waals surface area contributed by atoms with Crippen molar-refractivity contribution in [3.05, 3.63) is 41.3 Å². The Morgan fingerprint density at radius 3 is 2.69 bits per heavy atom. The Hall–Kier alpha value is -3.57. The van der Waals surface area contributed by atoms with E-state index in [1.54, 1.807) is 20.0 Å². The van der Waals surface area contributed by atoms with Crippen molar-refractivity contribution in [3.63, 3.8) is 0 Å². The van der Waals surface area contributed by atoms with E-state index in [1.165, 1.54) is 4.90 Å². The molecule has 2 aromatic heterocycles. The number of aromatic nitrogens is 4. The molecule has 1 unspecified atom stereocenters. The molecular formula is C21H20N6O2. The van der Waals surface area contributed by atoms with E-state index in [0.29, 0.717) is 52.7 Å². The largest absolute Gasteiger partial charge is 0.382 e. The van der Waals surface area contributed by atoms with Crippen molar-refractivity contribution in [2.45, 2.75) is 25.9 Å². The van der Waals surface area contributed by atoms with E-state index in [2.05, 4.69) is 31.8 Å². The van der Waals surface area contributed by atoms with Gasteiger partial charge in [-0.05, 0) is 26.0 Å². The molecule has 8 heteroatoms. The minimum atomic E-state index is -1.63. The van der Waals surface area contributed by atoms with Gasteiger partial charge in [0.05, 0.1) is 5.69 Å². The number of hydrogen-bond donors (Lipinski definition) is 2. The van der Waals surface area contributed by atoms with Crippen LogP contribution in [0.1, 0.15) is 23.5 Å². The number of anilines is 1. The Kier molecular flexibility index (Phi) is 4.40. The molecule has 146 valence electrons. The highest BCUT2D eigenvalue weighted by Crippen LogP contribution is 2.24. The summed E-state index contributed by atoms with van der Waals surface area (Å²) in [7, 11) is 1.65.